The van der Waals surface area contributed by atoms with Gasteiger partial charge in [0.05, 0.1) is 6.54 Å². The van der Waals surface area contributed by atoms with Gasteiger partial charge in [-0.2, -0.15) is 0 Å². The van der Waals surface area contributed by atoms with Crippen LogP contribution in [0.4, 0.5) is 0 Å². The summed E-state index contributed by atoms with van der Waals surface area (Å²) in [5.74, 6) is 1.04. The normalized spacial score (nSPS) is 17.8. The van der Waals surface area contributed by atoms with Crippen molar-refractivity contribution in [3.63, 3.8) is 0 Å². The molecule has 0 saturated carbocycles. The summed E-state index contributed by atoms with van der Waals surface area (Å²) in [6, 6.07) is 0. The summed E-state index contributed by atoms with van der Waals surface area (Å²) >= 11 is 0. The lowest BCUT2D eigenvalue weighted by Crippen LogP contribution is -2.24. The minimum Gasteiger partial charge on any atom is -0.349 e. The smallest absolute Gasteiger partial charge is 0.247 e. The maximum atomic E-state index is 11.3. The highest BCUT2D eigenvalue weighted by Crippen LogP contribution is 2.16. The summed E-state index contributed by atoms with van der Waals surface area (Å²) in [5, 5.41) is 0. The van der Waals surface area contributed by atoms with E-state index in [1.54, 1.807) is 4.90 Å². The Bertz CT molecular complexity index is 201. The molecule has 1 saturated heterocycles. The van der Waals surface area contributed by atoms with Gasteiger partial charge in [-0.15, -0.1) is 0 Å². The zero-order chi connectivity index (χ0) is 9.14. The summed E-state index contributed by atoms with van der Waals surface area (Å²) in [6.07, 6.45) is 1.06. The molecule has 0 spiro atoms. The largest absolute Gasteiger partial charge is 0.349 e. The number of likely N-dealkylation sites (N-methyl/N-ethyl adjacent to an activating group) is 1. The van der Waals surface area contributed by atoms with Crippen LogP contribution in [0.25, 0.3) is 0 Å². The molecule has 0 N–H and O–H groups in total. The SMILES string of the molecule is C=C1N(CCC)CC(=O)N1CC. The van der Waals surface area contributed by atoms with Gasteiger partial charge in [-0.05, 0) is 13.3 Å². The number of carbonyl (C=O) groups excluding carboxylic acids is 1. The van der Waals surface area contributed by atoms with Crippen molar-refractivity contribution in [3.8, 4) is 0 Å². The van der Waals surface area contributed by atoms with E-state index in [0.29, 0.717) is 6.54 Å². The van der Waals surface area contributed by atoms with Gasteiger partial charge in [-0.3, -0.25) is 9.69 Å². The van der Waals surface area contributed by atoms with Crippen LogP contribution in [0.5, 0.6) is 0 Å². The molecule has 1 amide bonds. The Hall–Kier alpha value is -0.990. The van der Waals surface area contributed by atoms with Crippen LogP contribution in [0.1, 0.15) is 20.3 Å². The number of hydrogen-bond donors (Lipinski definition) is 0. The van der Waals surface area contributed by atoms with E-state index in [0.717, 1.165) is 25.3 Å². The predicted molar refractivity (Wildman–Crippen MR) is 48.4 cm³/mol. The van der Waals surface area contributed by atoms with Gasteiger partial charge >= 0.3 is 0 Å². The van der Waals surface area contributed by atoms with Gasteiger partial charge in [-0.25, -0.2) is 0 Å². The third-order valence-electron chi connectivity index (χ3n) is 2.11. The molecule has 0 bridgehead atoms. The Labute approximate surface area is 73.6 Å². The maximum Gasteiger partial charge on any atom is 0.247 e. The lowest BCUT2D eigenvalue weighted by atomic mass is 10.4. The van der Waals surface area contributed by atoms with Crippen molar-refractivity contribution < 1.29 is 4.79 Å². The third kappa shape index (κ3) is 1.44. The molecule has 68 valence electrons. The van der Waals surface area contributed by atoms with Crippen LogP contribution in [-0.4, -0.2) is 35.3 Å². The Morgan fingerprint density at radius 3 is 2.58 bits per heavy atom. The van der Waals surface area contributed by atoms with E-state index >= 15 is 0 Å². The highest BCUT2D eigenvalue weighted by atomic mass is 16.2. The van der Waals surface area contributed by atoms with Gasteiger partial charge in [-0.1, -0.05) is 13.5 Å². The van der Waals surface area contributed by atoms with E-state index in [-0.39, 0.29) is 5.91 Å². The number of hydrogen-bond acceptors (Lipinski definition) is 2. The fraction of sp³-hybridized carbons (Fsp3) is 0.667. The molecule has 0 aromatic rings. The van der Waals surface area contributed by atoms with Crippen molar-refractivity contribution in [3.05, 3.63) is 12.4 Å². The van der Waals surface area contributed by atoms with E-state index in [1.165, 1.54) is 0 Å². The second-order valence-corrected chi connectivity index (χ2v) is 2.98. The topological polar surface area (TPSA) is 23.6 Å². The highest BCUT2D eigenvalue weighted by Gasteiger charge is 2.28. The quantitative estimate of drug-likeness (QED) is 0.628. The third-order valence-corrected chi connectivity index (χ3v) is 2.11. The molecule has 1 aliphatic heterocycles. The second-order valence-electron chi connectivity index (χ2n) is 2.98. The van der Waals surface area contributed by atoms with Gasteiger partial charge in [0.2, 0.25) is 5.91 Å². The zero-order valence-corrected chi connectivity index (χ0v) is 7.84. The van der Waals surface area contributed by atoms with Gasteiger partial charge in [0.1, 0.15) is 5.82 Å². The molecule has 0 aromatic carbocycles. The molecule has 1 heterocycles. The van der Waals surface area contributed by atoms with Crippen LogP contribution in [-0.2, 0) is 4.79 Å². The molecule has 0 aromatic heterocycles. The van der Waals surface area contributed by atoms with Gasteiger partial charge in [0, 0.05) is 13.1 Å². The minimum atomic E-state index is 0.177. The number of amides is 1. The Balaban J connectivity index is 2.62. The fourth-order valence-corrected chi connectivity index (χ4v) is 1.49. The Kier molecular flexibility index (Phi) is 2.74. The van der Waals surface area contributed by atoms with E-state index < -0.39 is 0 Å². The molecule has 0 unspecified atom stereocenters. The lowest BCUT2D eigenvalue weighted by Gasteiger charge is -2.19. The van der Waals surface area contributed by atoms with Crippen molar-refractivity contribution >= 4 is 5.91 Å². The number of carbonyl (C=O) groups is 1. The minimum absolute atomic E-state index is 0.177. The van der Waals surface area contributed by atoms with Gasteiger partial charge in [0.15, 0.2) is 0 Å². The van der Waals surface area contributed by atoms with E-state index in [2.05, 4.69) is 13.5 Å². The van der Waals surface area contributed by atoms with Crippen molar-refractivity contribution in [2.24, 2.45) is 0 Å². The van der Waals surface area contributed by atoms with Crippen molar-refractivity contribution in [2.75, 3.05) is 19.6 Å². The number of rotatable bonds is 3. The van der Waals surface area contributed by atoms with Crippen LogP contribution in [0.2, 0.25) is 0 Å². The maximum absolute atomic E-state index is 11.3. The summed E-state index contributed by atoms with van der Waals surface area (Å²) in [6.45, 7) is 10.1. The highest BCUT2D eigenvalue weighted by molar-refractivity contribution is 5.82. The van der Waals surface area contributed by atoms with Crippen LogP contribution in [0, 0.1) is 0 Å². The van der Waals surface area contributed by atoms with Crippen molar-refractivity contribution in [1.82, 2.24) is 9.80 Å². The summed E-state index contributed by atoms with van der Waals surface area (Å²) in [4.78, 5) is 15.1. The number of nitrogens with zero attached hydrogens (tertiary/aromatic N) is 2. The van der Waals surface area contributed by atoms with Crippen LogP contribution < -0.4 is 0 Å². The lowest BCUT2D eigenvalue weighted by molar-refractivity contribution is -0.125. The average molecular weight is 168 g/mol. The molecule has 0 aliphatic carbocycles. The zero-order valence-electron chi connectivity index (χ0n) is 7.84. The Morgan fingerprint density at radius 2 is 2.17 bits per heavy atom. The van der Waals surface area contributed by atoms with E-state index in [1.807, 2.05) is 11.8 Å². The van der Waals surface area contributed by atoms with Crippen molar-refractivity contribution in [2.45, 2.75) is 20.3 Å². The first-order chi connectivity index (χ1) is 5.70. The predicted octanol–water partition coefficient (Wildman–Crippen LogP) is 1.03. The fourth-order valence-electron chi connectivity index (χ4n) is 1.49. The molecule has 0 radical (unpaired) electrons. The molecule has 1 aliphatic rings. The van der Waals surface area contributed by atoms with E-state index in [4.69, 9.17) is 0 Å². The summed E-state index contributed by atoms with van der Waals surface area (Å²) in [7, 11) is 0. The van der Waals surface area contributed by atoms with Gasteiger partial charge < -0.3 is 4.90 Å². The molecule has 12 heavy (non-hydrogen) atoms. The van der Waals surface area contributed by atoms with Crippen molar-refractivity contribution in [1.29, 1.82) is 0 Å². The monoisotopic (exact) mass is 168 g/mol. The first-order valence-electron chi connectivity index (χ1n) is 4.44. The molecular weight excluding hydrogens is 152 g/mol. The standard InChI is InChI=1S/C9H16N2O/c1-4-6-10-7-9(12)11(5-2)8(10)3/h3-7H2,1-2H3. The average Bonchev–Trinajstić information content (AvgIpc) is 2.29. The first-order valence-corrected chi connectivity index (χ1v) is 4.44. The molecular formula is C9H16N2O. The van der Waals surface area contributed by atoms with Crippen LogP contribution >= 0.6 is 0 Å². The Morgan fingerprint density at radius 1 is 1.50 bits per heavy atom. The van der Waals surface area contributed by atoms with Gasteiger partial charge in [0.25, 0.3) is 0 Å². The van der Waals surface area contributed by atoms with Crippen LogP contribution in [0.3, 0.4) is 0 Å². The summed E-state index contributed by atoms with van der Waals surface area (Å²) in [5.41, 5.74) is 0. The molecule has 3 heteroatoms. The molecule has 0 atom stereocenters. The molecule has 1 rings (SSSR count). The second kappa shape index (κ2) is 3.61. The first kappa shape index (κ1) is 9.10. The van der Waals surface area contributed by atoms with E-state index in [9.17, 15) is 4.79 Å². The summed E-state index contributed by atoms with van der Waals surface area (Å²) < 4.78 is 0. The van der Waals surface area contributed by atoms with Crippen LogP contribution in [0.15, 0.2) is 12.4 Å². The molecule has 3 nitrogen and oxygen atoms in total. The molecule has 1 fully saturated rings.